The van der Waals surface area contributed by atoms with Gasteiger partial charge in [0.1, 0.15) is 18.0 Å². The number of aryl methyl sites for hydroxylation is 2. The highest BCUT2D eigenvalue weighted by atomic mass is 16.1. The molecular weight excluding hydrogens is 292 g/mol. The maximum absolute atomic E-state index is 11.5. The zero-order chi connectivity index (χ0) is 16.2. The average Bonchev–Trinajstić information content (AvgIpc) is 2.56. The summed E-state index contributed by atoms with van der Waals surface area (Å²) < 4.78 is 1.39. The Hall–Kier alpha value is -2.44. The molecule has 7 nitrogen and oxygen atoms in total. The van der Waals surface area contributed by atoms with Crippen molar-refractivity contribution >= 4 is 11.6 Å². The van der Waals surface area contributed by atoms with Crippen LogP contribution in [0.5, 0.6) is 0 Å². The van der Waals surface area contributed by atoms with E-state index in [0.717, 1.165) is 43.3 Å². The monoisotopic (exact) mass is 314 g/mol. The van der Waals surface area contributed by atoms with Crippen LogP contribution >= 0.6 is 0 Å². The Labute approximate surface area is 135 Å². The van der Waals surface area contributed by atoms with Crippen LogP contribution in [0.3, 0.4) is 0 Å². The molecule has 0 radical (unpaired) electrons. The molecule has 2 aromatic rings. The van der Waals surface area contributed by atoms with Crippen molar-refractivity contribution in [1.29, 1.82) is 0 Å². The minimum absolute atomic E-state index is 0.0862. The highest BCUT2D eigenvalue weighted by Gasteiger charge is 2.24. The van der Waals surface area contributed by atoms with E-state index >= 15 is 0 Å². The van der Waals surface area contributed by atoms with Gasteiger partial charge in [0.15, 0.2) is 0 Å². The predicted molar refractivity (Wildman–Crippen MR) is 89.7 cm³/mol. The van der Waals surface area contributed by atoms with E-state index in [1.165, 1.54) is 11.1 Å². The van der Waals surface area contributed by atoms with Gasteiger partial charge in [-0.05, 0) is 32.3 Å². The number of hydrogen-bond acceptors (Lipinski definition) is 6. The van der Waals surface area contributed by atoms with Crippen molar-refractivity contribution < 1.29 is 0 Å². The summed E-state index contributed by atoms with van der Waals surface area (Å²) in [6, 6.07) is 5.67. The lowest BCUT2D eigenvalue weighted by molar-refractivity contribution is 0.464. The molecule has 0 spiro atoms. The third-order valence-electron chi connectivity index (χ3n) is 4.19. The smallest absolute Gasteiger partial charge is 0.266 e. The van der Waals surface area contributed by atoms with Gasteiger partial charge in [0.25, 0.3) is 5.56 Å². The van der Waals surface area contributed by atoms with E-state index in [1.54, 1.807) is 19.4 Å². The second kappa shape index (κ2) is 6.76. The number of hydrogen-bond donors (Lipinski definition) is 1. The molecule has 1 saturated heterocycles. The molecule has 1 aliphatic rings. The summed E-state index contributed by atoms with van der Waals surface area (Å²) in [4.78, 5) is 22.2. The van der Waals surface area contributed by atoms with Crippen molar-refractivity contribution in [2.45, 2.75) is 32.2 Å². The first kappa shape index (κ1) is 15.5. The van der Waals surface area contributed by atoms with Gasteiger partial charge in [-0.3, -0.25) is 4.79 Å². The van der Waals surface area contributed by atoms with Gasteiger partial charge in [0.05, 0.1) is 0 Å². The van der Waals surface area contributed by atoms with Gasteiger partial charge < -0.3 is 10.2 Å². The molecule has 7 heteroatoms. The van der Waals surface area contributed by atoms with Crippen LogP contribution in [0.15, 0.2) is 29.3 Å². The summed E-state index contributed by atoms with van der Waals surface area (Å²) in [6.07, 6.45) is 5.03. The first-order valence-electron chi connectivity index (χ1n) is 7.97. The summed E-state index contributed by atoms with van der Waals surface area (Å²) in [7, 11) is 1.69. The van der Waals surface area contributed by atoms with Gasteiger partial charge in [0, 0.05) is 44.0 Å². The zero-order valence-electron chi connectivity index (χ0n) is 13.6. The molecule has 3 rings (SSSR count). The molecule has 0 saturated carbocycles. The second-order valence-corrected chi connectivity index (χ2v) is 5.92. The van der Waals surface area contributed by atoms with Crippen LogP contribution in [-0.4, -0.2) is 38.9 Å². The minimum atomic E-state index is -0.0862. The van der Waals surface area contributed by atoms with Crippen LogP contribution in [-0.2, 0) is 7.05 Å². The van der Waals surface area contributed by atoms with Gasteiger partial charge in [-0.25, -0.2) is 14.6 Å². The zero-order valence-corrected chi connectivity index (χ0v) is 13.6. The Bertz CT molecular complexity index is 729. The van der Waals surface area contributed by atoms with Crippen molar-refractivity contribution in [2.24, 2.45) is 7.05 Å². The fourth-order valence-electron chi connectivity index (χ4n) is 2.93. The van der Waals surface area contributed by atoms with E-state index in [-0.39, 0.29) is 5.56 Å². The Morgan fingerprint density at radius 1 is 1.30 bits per heavy atom. The van der Waals surface area contributed by atoms with E-state index in [2.05, 4.69) is 25.3 Å². The topological polar surface area (TPSA) is 75.9 Å². The Morgan fingerprint density at radius 2 is 2.17 bits per heavy atom. The molecule has 1 aliphatic heterocycles. The van der Waals surface area contributed by atoms with Crippen LogP contribution < -0.4 is 15.8 Å². The number of nitrogens with one attached hydrogen (secondary N) is 1. The van der Waals surface area contributed by atoms with Gasteiger partial charge in [-0.1, -0.05) is 0 Å². The van der Waals surface area contributed by atoms with Crippen molar-refractivity contribution in [3.63, 3.8) is 0 Å². The SMILES string of the molecule is Cc1cc(NCC2CCCCN2c2ccc(=O)n(C)n2)ncn1. The summed E-state index contributed by atoms with van der Waals surface area (Å²) in [6.45, 7) is 3.70. The van der Waals surface area contributed by atoms with Gasteiger partial charge in [-0.15, -0.1) is 0 Å². The summed E-state index contributed by atoms with van der Waals surface area (Å²) in [5, 5.41) is 7.78. The fourth-order valence-corrected chi connectivity index (χ4v) is 2.93. The van der Waals surface area contributed by atoms with E-state index in [0.29, 0.717) is 6.04 Å². The van der Waals surface area contributed by atoms with E-state index in [9.17, 15) is 4.79 Å². The van der Waals surface area contributed by atoms with Crippen LogP contribution in [0, 0.1) is 6.92 Å². The molecule has 122 valence electrons. The Balaban J connectivity index is 1.73. The van der Waals surface area contributed by atoms with E-state index in [1.807, 2.05) is 19.1 Å². The standard InChI is InChI=1S/C16H22N6O/c1-12-9-14(19-11-18-12)17-10-13-5-3-4-8-22(13)15-6-7-16(23)21(2)20-15/h6-7,9,11,13H,3-5,8,10H2,1-2H3,(H,17,18,19). The third kappa shape index (κ3) is 3.67. The predicted octanol–water partition coefficient (Wildman–Crippen LogP) is 1.35. The molecule has 0 aliphatic carbocycles. The molecule has 23 heavy (non-hydrogen) atoms. The largest absolute Gasteiger partial charge is 0.368 e. The summed E-state index contributed by atoms with van der Waals surface area (Å²) >= 11 is 0. The number of nitrogens with zero attached hydrogens (tertiary/aromatic N) is 5. The lowest BCUT2D eigenvalue weighted by Gasteiger charge is -2.36. The third-order valence-corrected chi connectivity index (χ3v) is 4.19. The van der Waals surface area contributed by atoms with Gasteiger partial charge >= 0.3 is 0 Å². The highest BCUT2D eigenvalue weighted by Crippen LogP contribution is 2.22. The normalized spacial score (nSPS) is 18.0. The Morgan fingerprint density at radius 3 is 2.96 bits per heavy atom. The summed E-state index contributed by atoms with van der Waals surface area (Å²) in [5.74, 6) is 1.70. The molecule has 2 aromatic heterocycles. The van der Waals surface area contributed by atoms with Gasteiger partial charge in [-0.2, -0.15) is 5.10 Å². The van der Waals surface area contributed by atoms with Crippen molar-refractivity contribution in [3.8, 4) is 0 Å². The first-order chi connectivity index (χ1) is 11.1. The molecule has 0 amide bonds. The van der Waals surface area contributed by atoms with E-state index < -0.39 is 0 Å². The van der Waals surface area contributed by atoms with Crippen LogP contribution in [0.1, 0.15) is 25.0 Å². The number of anilines is 2. The molecule has 1 atom stereocenters. The Kier molecular flexibility index (Phi) is 4.55. The molecular formula is C16H22N6O. The van der Waals surface area contributed by atoms with Crippen LogP contribution in [0.25, 0.3) is 0 Å². The maximum Gasteiger partial charge on any atom is 0.266 e. The first-order valence-corrected chi connectivity index (χ1v) is 7.97. The van der Waals surface area contributed by atoms with Crippen LogP contribution in [0.4, 0.5) is 11.6 Å². The van der Waals surface area contributed by atoms with Crippen molar-refractivity contribution in [1.82, 2.24) is 19.7 Å². The van der Waals surface area contributed by atoms with Crippen LogP contribution in [0.2, 0.25) is 0 Å². The molecule has 0 aromatic carbocycles. The molecule has 1 fully saturated rings. The number of piperidine rings is 1. The molecule has 0 bridgehead atoms. The fraction of sp³-hybridized carbons (Fsp3) is 0.500. The van der Waals surface area contributed by atoms with Crippen molar-refractivity contribution in [3.05, 3.63) is 40.6 Å². The molecule has 3 heterocycles. The lowest BCUT2D eigenvalue weighted by atomic mass is 10.0. The minimum Gasteiger partial charge on any atom is -0.368 e. The average molecular weight is 314 g/mol. The summed E-state index contributed by atoms with van der Waals surface area (Å²) in [5.41, 5.74) is 0.861. The van der Waals surface area contributed by atoms with Crippen molar-refractivity contribution in [2.75, 3.05) is 23.3 Å². The highest BCUT2D eigenvalue weighted by molar-refractivity contribution is 5.41. The molecule has 1 unspecified atom stereocenters. The number of rotatable bonds is 4. The number of aromatic nitrogens is 4. The molecule has 1 N–H and O–H groups in total. The van der Waals surface area contributed by atoms with E-state index in [4.69, 9.17) is 0 Å². The lowest BCUT2D eigenvalue weighted by Crippen LogP contribution is -2.45. The van der Waals surface area contributed by atoms with Gasteiger partial charge in [0.2, 0.25) is 0 Å². The quantitative estimate of drug-likeness (QED) is 0.918. The maximum atomic E-state index is 11.5. The second-order valence-electron chi connectivity index (χ2n) is 5.92.